The Bertz CT molecular complexity index is 232. The first-order valence-corrected chi connectivity index (χ1v) is 5.44. The fourth-order valence-electron chi connectivity index (χ4n) is 1.46. The minimum atomic E-state index is 0.654. The molecule has 0 spiro atoms. The predicted octanol–water partition coefficient (Wildman–Crippen LogP) is 2.20. The molecule has 0 saturated heterocycles. The van der Waals surface area contributed by atoms with E-state index in [9.17, 15) is 0 Å². The van der Waals surface area contributed by atoms with Crippen molar-refractivity contribution in [3.05, 3.63) is 5.82 Å². The van der Waals surface area contributed by atoms with Gasteiger partial charge in [-0.05, 0) is 11.8 Å². The predicted molar refractivity (Wildman–Crippen MR) is 55.7 cm³/mol. The van der Waals surface area contributed by atoms with Crippen molar-refractivity contribution in [1.82, 2.24) is 20.6 Å². The van der Waals surface area contributed by atoms with Gasteiger partial charge in [-0.2, -0.15) is 5.21 Å². The van der Waals surface area contributed by atoms with Crippen molar-refractivity contribution in [2.24, 2.45) is 11.8 Å². The molecule has 0 aliphatic rings. The van der Waals surface area contributed by atoms with Crippen LogP contribution in [0.1, 0.15) is 45.9 Å². The van der Waals surface area contributed by atoms with Gasteiger partial charge in [-0.1, -0.05) is 45.2 Å². The van der Waals surface area contributed by atoms with Crippen molar-refractivity contribution in [3.63, 3.8) is 0 Å². The van der Waals surface area contributed by atoms with E-state index in [0.717, 1.165) is 18.2 Å². The van der Waals surface area contributed by atoms with Crippen LogP contribution in [0.5, 0.6) is 0 Å². The number of tetrazole rings is 1. The molecule has 0 fully saturated rings. The van der Waals surface area contributed by atoms with Crippen molar-refractivity contribution in [1.29, 1.82) is 0 Å². The maximum atomic E-state index is 3.96. The summed E-state index contributed by atoms with van der Waals surface area (Å²) in [7, 11) is 0. The zero-order valence-electron chi connectivity index (χ0n) is 9.32. The van der Waals surface area contributed by atoms with E-state index >= 15 is 0 Å². The molecule has 1 aromatic heterocycles. The van der Waals surface area contributed by atoms with Gasteiger partial charge in [-0.3, -0.25) is 0 Å². The molecule has 0 amide bonds. The highest BCUT2D eigenvalue weighted by Crippen LogP contribution is 2.16. The molecule has 0 aromatic carbocycles. The summed E-state index contributed by atoms with van der Waals surface area (Å²) in [4.78, 5) is 0. The van der Waals surface area contributed by atoms with Crippen LogP contribution in [-0.2, 0) is 6.42 Å². The molecule has 2 atom stereocenters. The first kappa shape index (κ1) is 11.1. The molecule has 0 aliphatic heterocycles. The van der Waals surface area contributed by atoms with Gasteiger partial charge in [0.2, 0.25) is 0 Å². The van der Waals surface area contributed by atoms with Crippen LogP contribution in [0.25, 0.3) is 0 Å². The van der Waals surface area contributed by atoms with E-state index in [1.165, 1.54) is 19.3 Å². The normalized spacial score (nSPS) is 15.4. The minimum Gasteiger partial charge on any atom is -0.177 e. The first-order valence-electron chi connectivity index (χ1n) is 5.44. The van der Waals surface area contributed by atoms with Crippen molar-refractivity contribution in [2.45, 2.75) is 46.5 Å². The van der Waals surface area contributed by atoms with Crippen LogP contribution in [0.3, 0.4) is 0 Å². The van der Waals surface area contributed by atoms with Gasteiger partial charge in [0.05, 0.1) is 0 Å². The van der Waals surface area contributed by atoms with Gasteiger partial charge in [-0.15, -0.1) is 10.2 Å². The summed E-state index contributed by atoms with van der Waals surface area (Å²) < 4.78 is 0. The second kappa shape index (κ2) is 5.73. The summed E-state index contributed by atoms with van der Waals surface area (Å²) in [5.74, 6) is 2.32. The molecule has 4 nitrogen and oxygen atoms in total. The van der Waals surface area contributed by atoms with Gasteiger partial charge < -0.3 is 0 Å². The average molecular weight is 196 g/mol. The molecule has 1 heterocycles. The van der Waals surface area contributed by atoms with Gasteiger partial charge in [0, 0.05) is 6.42 Å². The summed E-state index contributed by atoms with van der Waals surface area (Å²) >= 11 is 0. The third kappa shape index (κ3) is 3.85. The maximum Gasteiger partial charge on any atom is 0.174 e. The minimum absolute atomic E-state index is 0.654. The fraction of sp³-hybridized carbons (Fsp3) is 0.900. The van der Waals surface area contributed by atoms with Crippen LogP contribution in [0.2, 0.25) is 0 Å². The van der Waals surface area contributed by atoms with E-state index in [2.05, 4.69) is 41.4 Å². The van der Waals surface area contributed by atoms with Crippen LogP contribution in [0.15, 0.2) is 0 Å². The Morgan fingerprint density at radius 3 is 2.50 bits per heavy atom. The van der Waals surface area contributed by atoms with Gasteiger partial charge in [-0.25, -0.2) is 0 Å². The largest absolute Gasteiger partial charge is 0.177 e. The van der Waals surface area contributed by atoms with Crippen LogP contribution in [0, 0.1) is 11.8 Å². The molecule has 0 unspecified atom stereocenters. The first-order chi connectivity index (χ1) is 6.72. The zero-order chi connectivity index (χ0) is 10.4. The topological polar surface area (TPSA) is 54.5 Å². The van der Waals surface area contributed by atoms with Gasteiger partial charge in [0.25, 0.3) is 0 Å². The molecule has 1 aromatic rings. The van der Waals surface area contributed by atoms with E-state index in [0.29, 0.717) is 5.92 Å². The van der Waals surface area contributed by atoms with Crippen LogP contribution < -0.4 is 0 Å². The summed E-state index contributed by atoms with van der Waals surface area (Å²) in [6.45, 7) is 6.80. The number of rotatable bonds is 6. The SMILES string of the molecule is CC[C@@H](C)CC[C@H](C)Cc1nn[nH]n1. The van der Waals surface area contributed by atoms with Crippen molar-refractivity contribution < 1.29 is 0 Å². The lowest BCUT2D eigenvalue weighted by Gasteiger charge is -2.12. The van der Waals surface area contributed by atoms with Crippen LogP contribution >= 0.6 is 0 Å². The maximum absolute atomic E-state index is 3.96. The third-order valence-electron chi connectivity index (χ3n) is 2.77. The molecular formula is C10H20N4. The van der Waals surface area contributed by atoms with Crippen molar-refractivity contribution in [2.75, 3.05) is 0 Å². The lowest BCUT2D eigenvalue weighted by Crippen LogP contribution is -2.04. The second-order valence-corrected chi connectivity index (χ2v) is 4.23. The Hall–Kier alpha value is -0.930. The number of hydrogen-bond acceptors (Lipinski definition) is 3. The molecule has 80 valence electrons. The Morgan fingerprint density at radius 1 is 1.21 bits per heavy atom. The monoisotopic (exact) mass is 196 g/mol. The Labute approximate surface area is 85.5 Å². The van der Waals surface area contributed by atoms with Gasteiger partial charge in [0.1, 0.15) is 0 Å². The molecule has 4 heteroatoms. The summed E-state index contributed by atoms with van der Waals surface area (Å²) in [5, 5.41) is 13.9. The lowest BCUT2D eigenvalue weighted by atomic mass is 9.94. The van der Waals surface area contributed by atoms with E-state index in [-0.39, 0.29) is 0 Å². The molecule has 1 rings (SSSR count). The Kier molecular flexibility index (Phi) is 4.56. The Balaban J connectivity index is 2.19. The molecule has 14 heavy (non-hydrogen) atoms. The number of hydrogen-bond donors (Lipinski definition) is 1. The number of aromatic amines is 1. The average Bonchev–Trinajstić information content (AvgIpc) is 2.66. The molecule has 0 radical (unpaired) electrons. The van der Waals surface area contributed by atoms with Crippen LogP contribution in [-0.4, -0.2) is 20.6 Å². The molecule has 0 saturated carbocycles. The van der Waals surface area contributed by atoms with E-state index in [1.807, 2.05) is 0 Å². The number of nitrogens with zero attached hydrogens (tertiary/aromatic N) is 3. The van der Waals surface area contributed by atoms with E-state index < -0.39 is 0 Å². The number of nitrogens with one attached hydrogen (secondary N) is 1. The lowest BCUT2D eigenvalue weighted by molar-refractivity contribution is 0.417. The smallest absolute Gasteiger partial charge is 0.174 e. The molecule has 0 aliphatic carbocycles. The van der Waals surface area contributed by atoms with Crippen LogP contribution in [0.4, 0.5) is 0 Å². The summed E-state index contributed by atoms with van der Waals surface area (Å²) in [5.41, 5.74) is 0. The fourth-order valence-corrected chi connectivity index (χ4v) is 1.46. The summed E-state index contributed by atoms with van der Waals surface area (Å²) in [6, 6.07) is 0. The molecular weight excluding hydrogens is 176 g/mol. The highest BCUT2D eigenvalue weighted by atomic mass is 15.5. The van der Waals surface area contributed by atoms with Gasteiger partial charge >= 0.3 is 0 Å². The van der Waals surface area contributed by atoms with Gasteiger partial charge in [0.15, 0.2) is 5.82 Å². The number of aromatic nitrogens is 4. The molecule has 1 N–H and O–H groups in total. The van der Waals surface area contributed by atoms with Crippen molar-refractivity contribution >= 4 is 0 Å². The quantitative estimate of drug-likeness (QED) is 0.759. The second-order valence-electron chi connectivity index (χ2n) is 4.23. The standard InChI is InChI=1S/C10H20N4/c1-4-8(2)5-6-9(3)7-10-11-13-14-12-10/h8-9H,4-7H2,1-3H3,(H,11,12,13,14)/t8-,9+/m1/s1. The third-order valence-corrected chi connectivity index (χ3v) is 2.77. The highest BCUT2D eigenvalue weighted by molar-refractivity contribution is 4.78. The summed E-state index contributed by atoms with van der Waals surface area (Å²) in [6.07, 6.45) is 4.76. The highest BCUT2D eigenvalue weighted by Gasteiger charge is 2.08. The van der Waals surface area contributed by atoms with Crippen molar-refractivity contribution in [3.8, 4) is 0 Å². The number of H-pyrrole nitrogens is 1. The molecule has 0 bridgehead atoms. The van der Waals surface area contributed by atoms with E-state index in [1.54, 1.807) is 0 Å². The van der Waals surface area contributed by atoms with E-state index in [4.69, 9.17) is 0 Å². The Morgan fingerprint density at radius 2 is 1.93 bits per heavy atom. The zero-order valence-corrected chi connectivity index (χ0v) is 9.32.